The minimum atomic E-state index is -0.966. The molecule has 5 nitrogen and oxygen atoms in total. The lowest BCUT2D eigenvalue weighted by Gasteiger charge is -2.18. The number of aromatic carboxylic acids is 1. The van der Waals surface area contributed by atoms with Crippen molar-refractivity contribution in [2.75, 3.05) is 18.5 Å². The van der Waals surface area contributed by atoms with Crippen molar-refractivity contribution in [2.24, 2.45) is 0 Å². The van der Waals surface area contributed by atoms with Crippen LogP contribution in [-0.4, -0.2) is 34.9 Å². The molecule has 1 aromatic heterocycles. The maximum atomic E-state index is 11.0. The van der Waals surface area contributed by atoms with Crippen LogP contribution < -0.4 is 4.90 Å². The number of anilines is 1. The SMILES string of the molecule is CCCCCN(C)c1nnccc1C(=O)O. The predicted molar refractivity (Wildman–Crippen MR) is 61.8 cm³/mol. The molecular formula is C11H17N3O2. The molecule has 0 aliphatic carbocycles. The van der Waals surface area contributed by atoms with Crippen LogP contribution in [0.2, 0.25) is 0 Å². The van der Waals surface area contributed by atoms with Gasteiger partial charge in [0.15, 0.2) is 5.82 Å². The molecule has 0 aliphatic rings. The van der Waals surface area contributed by atoms with Gasteiger partial charge >= 0.3 is 5.97 Å². The average Bonchev–Trinajstić information content (AvgIpc) is 2.29. The van der Waals surface area contributed by atoms with E-state index in [0.717, 1.165) is 25.8 Å². The van der Waals surface area contributed by atoms with Crippen LogP contribution in [0.3, 0.4) is 0 Å². The van der Waals surface area contributed by atoms with E-state index in [1.54, 1.807) is 0 Å². The van der Waals surface area contributed by atoms with Crippen LogP contribution in [0.1, 0.15) is 36.5 Å². The molecule has 1 N–H and O–H groups in total. The topological polar surface area (TPSA) is 66.3 Å². The zero-order valence-corrected chi connectivity index (χ0v) is 9.68. The zero-order chi connectivity index (χ0) is 12.0. The summed E-state index contributed by atoms with van der Waals surface area (Å²) in [5.74, 6) is -0.529. The first-order chi connectivity index (χ1) is 7.66. The van der Waals surface area contributed by atoms with Gasteiger partial charge in [-0.3, -0.25) is 0 Å². The number of hydrogen-bond acceptors (Lipinski definition) is 4. The fourth-order valence-electron chi connectivity index (χ4n) is 1.48. The number of unbranched alkanes of at least 4 members (excludes halogenated alkanes) is 2. The van der Waals surface area contributed by atoms with E-state index in [9.17, 15) is 4.79 Å². The van der Waals surface area contributed by atoms with E-state index in [-0.39, 0.29) is 5.56 Å². The molecular weight excluding hydrogens is 206 g/mol. The fourth-order valence-corrected chi connectivity index (χ4v) is 1.48. The molecule has 0 amide bonds. The Balaban J connectivity index is 2.74. The predicted octanol–water partition coefficient (Wildman–Crippen LogP) is 1.80. The average molecular weight is 223 g/mol. The summed E-state index contributed by atoms with van der Waals surface area (Å²) in [5.41, 5.74) is 0.203. The Morgan fingerprint density at radius 3 is 2.88 bits per heavy atom. The number of carboxylic acid groups (broad SMARTS) is 1. The first-order valence-corrected chi connectivity index (χ1v) is 5.43. The lowest BCUT2D eigenvalue weighted by atomic mass is 10.2. The minimum Gasteiger partial charge on any atom is -0.478 e. The molecule has 0 saturated heterocycles. The molecule has 0 unspecified atom stereocenters. The van der Waals surface area contributed by atoms with Gasteiger partial charge in [-0.05, 0) is 12.5 Å². The summed E-state index contributed by atoms with van der Waals surface area (Å²) in [4.78, 5) is 12.8. The normalized spacial score (nSPS) is 10.1. The van der Waals surface area contributed by atoms with Crippen molar-refractivity contribution >= 4 is 11.8 Å². The Bertz CT molecular complexity index is 355. The molecule has 1 aromatic rings. The van der Waals surface area contributed by atoms with E-state index in [1.807, 2.05) is 11.9 Å². The fraction of sp³-hybridized carbons (Fsp3) is 0.545. The maximum absolute atomic E-state index is 11.0. The molecule has 5 heteroatoms. The van der Waals surface area contributed by atoms with Gasteiger partial charge in [-0.15, -0.1) is 5.10 Å². The summed E-state index contributed by atoms with van der Waals surface area (Å²) >= 11 is 0. The lowest BCUT2D eigenvalue weighted by Crippen LogP contribution is -2.22. The maximum Gasteiger partial charge on any atom is 0.339 e. The summed E-state index contributed by atoms with van der Waals surface area (Å²) in [6, 6.07) is 1.47. The summed E-state index contributed by atoms with van der Waals surface area (Å²) < 4.78 is 0. The van der Waals surface area contributed by atoms with Crippen LogP contribution in [0.25, 0.3) is 0 Å². The third-order valence-corrected chi connectivity index (χ3v) is 2.39. The molecule has 16 heavy (non-hydrogen) atoms. The Morgan fingerprint density at radius 1 is 1.50 bits per heavy atom. The van der Waals surface area contributed by atoms with Crippen molar-refractivity contribution in [2.45, 2.75) is 26.2 Å². The Hall–Kier alpha value is -1.65. The second kappa shape index (κ2) is 6.05. The molecule has 0 spiro atoms. The molecule has 0 radical (unpaired) electrons. The van der Waals surface area contributed by atoms with E-state index in [2.05, 4.69) is 17.1 Å². The number of rotatable bonds is 6. The van der Waals surface area contributed by atoms with Gasteiger partial charge < -0.3 is 10.0 Å². The number of hydrogen-bond donors (Lipinski definition) is 1. The van der Waals surface area contributed by atoms with Crippen molar-refractivity contribution in [3.63, 3.8) is 0 Å². The molecule has 0 atom stereocenters. The van der Waals surface area contributed by atoms with Crippen LogP contribution in [0.4, 0.5) is 5.82 Å². The van der Waals surface area contributed by atoms with Crippen molar-refractivity contribution in [1.82, 2.24) is 10.2 Å². The highest BCUT2D eigenvalue weighted by Gasteiger charge is 2.14. The molecule has 0 aliphatic heterocycles. The van der Waals surface area contributed by atoms with Crippen LogP contribution >= 0.6 is 0 Å². The summed E-state index contributed by atoms with van der Waals surface area (Å²) in [6.45, 7) is 2.93. The number of nitrogens with zero attached hydrogens (tertiary/aromatic N) is 3. The minimum absolute atomic E-state index is 0.203. The van der Waals surface area contributed by atoms with E-state index in [1.165, 1.54) is 12.3 Å². The van der Waals surface area contributed by atoms with E-state index >= 15 is 0 Å². The highest BCUT2D eigenvalue weighted by atomic mass is 16.4. The zero-order valence-electron chi connectivity index (χ0n) is 9.68. The lowest BCUT2D eigenvalue weighted by molar-refractivity contribution is 0.0697. The molecule has 0 bridgehead atoms. The first-order valence-electron chi connectivity index (χ1n) is 5.43. The molecule has 0 aromatic carbocycles. The number of aromatic nitrogens is 2. The van der Waals surface area contributed by atoms with Crippen molar-refractivity contribution in [3.05, 3.63) is 17.8 Å². The van der Waals surface area contributed by atoms with Crippen LogP contribution in [0.5, 0.6) is 0 Å². The van der Waals surface area contributed by atoms with Crippen LogP contribution in [-0.2, 0) is 0 Å². The van der Waals surface area contributed by atoms with Gasteiger partial charge in [0.05, 0.1) is 6.20 Å². The summed E-state index contributed by atoms with van der Waals surface area (Å²) in [6.07, 6.45) is 4.70. The highest BCUT2D eigenvalue weighted by Crippen LogP contribution is 2.15. The van der Waals surface area contributed by atoms with Gasteiger partial charge in [-0.1, -0.05) is 19.8 Å². The largest absolute Gasteiger partial charge is 0.478 e. The quantitative estimate of drug-likeness (QED) is 0.745. The van der Waals surface area contributed by atoms with Crippen LogP contribution in [0.15, 0.2) is 12.3 Å². The third-order valence-electron chi connectivity index (χ3n) is 2.39. The summed E-state index contributed by atoms with van der Waals surface area (Å²) in [5, 5.41) is 16.6. The van der Waals surface area contributed by atoms with Gasteiger partial charge in [-0.25, -0.2) is 4.79 Å². The molecule has 88 valence electrons. The van der Waals surface area contributed by atoms with Crippen LogP contribution in [0, 0.1) is 0 Å². The molecule has 1 heterocycles. The first kappa shape index (κ1) is 12.4. The van der Waals surface area contributed by atoms with Crippen molar-refractivity contribution in [1.29, 1.82) is 0 Å². The van der Waals surface area contributed by atoms with Gasteiger partial charge in [0.2, 0.25) is 0 Å². The Morgan fingerprint density at radius 2 is 2.25 bits per heavy atom. The van der Waals surface area contributed by atoms with Gasteiger partial charge in [-0.2, -0.15) is 5.10 Å². The number of carbonyl (C=O) groups is 1. The Labute approximate surface area is 95.1 Å². The second-order valence-electron chi connectivity index (χ2n) is 3.70. The summed E-state index contributed by atoms with van der Waals surface area (Å²) in [7, 11) is 1.84. The standard InChI is InChI=1S/C11H17N3O2/c1-3-4-5-8-14(2)10-9(11(15)16)6-7-12-13-10/h6-7H,3-5,8H2,1-2H3,(H,15,16). The van der Waals surface area contributed by atoms with Gasteiger partial charge in [0.1, 0.15) is 5.56 Å². The monoisotopic (exact) mass is 223 g/mol. The van der Waals surface area contributed by atoms with Crippen molar-refractivity contribution < 1.29 is 9.90 Å². The van der Waals surface area contributed by atoms with Gasteiger partial charge in [0, 0.05) is 13.6 Å². The Kier molecular flexibility index (Phi) is 4.69. The smallest absolute Gasteiger partial charge is 0.339 e. The van der Waals surface area contributed by atoms with Gasteiger partial charge in [0.25, 0.3) is 0 Å². The molecule has 0 fully saturated rings. The molecule has 1 rings (SSSR count). The van der Waals surface area contributed by atoms with E-state index in [4.69, 9.17) is 5.11 Å². The highest BCUT2D eigenvalue weighted by molar-refractivity contribution is 5.92. The second-order valence-corrected chi connectivity index (χ2v) is 3.70. The number of carboxylic acids is 1. The van der Waals surface area contributed by atoms with E-state index in [0.29, 0.717) is 5.82 Å². The van der Waals surface area contributed by atoms with E-state index < -0.39 is 5.97 Å². The molecule has 0 saturated carbocycles. The third kappa shape index (κ3) is 3.18. The van der Waals surface area contributed by atoms with Crippen molar-refractivity contribution in [3.8, 4) is 0 Å².